The largest absolute Gasteiger partial charge is 0.496 e. The van der Waals surface area contributed by atoms with Gasteiger partial charge in [0.1, 0.15) is 17.8 Å². The second-order valence-corrected chi connectivity index (χ2v) is 4.03. The predicted molar refractivity (Wildman–Crippen MR) is 67.7 cm³/mol. The van der Waals surface area contributed by atoms with E-state index < -0.39 is 12.1 Å². The molecule has 1 aromatic rings. The number of nitrogens with one attached hydrogen (secondary N) is 1. The van der Waals surface area contributed by atoms with E-state index in [1.54, 1.807) is 5.32 Å². The van der Waals surface area contributed by atoms with Crippen molar-refractivity contribution in [1.82, 2.24) is 5.32 Å². The van der Waals surface area contributed by atoms with E-state index in [0.717, 1.165) is 0 Å². The normalized spacial score (nSPS) is 10.9. The number of halogens is 3. The summed E-state index contributed by atoms with van der Waals surface area (Å²) >= 11 is 0. The van der Waals surface area contributed by atoms with Crippen LogP contribution in [-0.2, 0) is 11.2 Å². The number of rotatable bonds is 6. The lowest BCUT2D eigenvalue weighted by atomic mass is 10.1. The molecule has 21 heavy (non-hydrogen) atoms. The molecule has 0 radical (unpaired) electrons. The summed E-state index contributed by atoms with van der Waals surface area (Å²) in [5.41, 5.74) is 0.778. The molecule has 0 aliphatic heterocycles. The first-order chi connectivity index (χ1) is 9.83. The lowest BCUT2D eigenvalue weighted by Crippen LogP contribution is -2.37. The topological polar surface area (TPSA) is 64.6 Å². The molecule has 0 aliphatic rings. The van der Waals surface area contributed by atoms with Crippen LogP contribution in [0.15, 0.2) is 12.1 Å². The molecular weight excluding hydrogens is 291 g/mol. The SMILES string of the molecule is COc1cc(C=O)cc(OC)c1CCNC(=O)C(F)(F)F. The van der Waals surface area contributed by atoms with Gasteiger partial charge in [0.15, 0.2) is 0 Å². The van der Waals surface area contributed by atoms with Gasteiger partial charge in [0.25, 0.3) is 0 Å². The maximum Gasteiger partial charge on any atom is 0.471 e. The second-order valence-electron chi connectivity index (χ2n) is 4.03. The van der Waals surface area contributed by atoms with Gasteiger partial charge in [0.2, 0.25) is 0 Å². The highest BCUT2D eigenvalue weighted by Crippen LogP contribution is 2.30. The molecule has 0 heterocycles. The standard InChI is InChI=1S/C13H14F3NO4/c1-20-10-5-8(7-18)6-11(21-2)9(10)3-4-17-12(19)13(14,15)16/h5-7H,3-4H2,1-2H3,(H,17,19). The number of alkyl halides is 3. The monoisotopic (exact) mass is 305 g/mol. The molecule has 0 aliphatic carbocycles. The minimum absolute atomic E-state index is 0.0628. The number of hydrogen-bond acceptors (Lipinski definition) is 4. The van der Waals surface area contributed by atoms with Gasteiger partial charge in [-0.25, -0.2) is 0 Å². The smallest absolute Gasteiger partial charge is 0.471 e. The van der Waals surface area contributed by atoms with Gasteiger partial charge in [-0.1, -0.05) is 0 Å². The van der Waals surface area contributed by atoms with Crippen molar-refractivity contribution in [2.45, 2.75) is 12.6 Å². The summed E-state index contributed by atoms with van der Waals surface area (Å²) in [7, 11) is 2.72. The molecule has 8 heteroatoms. The van der Waals surface area contributed by atoms with Crippen molar-refractivity contribution in [2.24, 2.45) is 0 Å². The molecule has 1 rings (SSSR count). The molecular formula is C13H14F3NO4. The summed E-state index contributed by atoms with van der Waals surface area (Å²) in [5, 5.41) is 1.76. The van der Waals surface area contributed by atoms with Crippen LogP contribution in [0.2, 0.25) is 0 Å². The van der Waals surface area contributed by atoms with Crippen LogP contribution in [-0.4, -0.2) is 39.1 Å². The van der Waals surface area contributed by atoms with Gasteiger partial charge in [0.05, 0.1) is 14.2 Å². The summed E-state index contributed by atoms with van der Waals surface area (Å²) < 4.78 is 46.4. The fourth-order valence-corrected chi connectivity index (χ4v) is 1.72. The van der Waals surface area contributed by atoms with Gasteiger partial charge in [-0.2, -0.15) is 13.2 Å². The van der Waals surface area contributed by atoms with Crippen molar-refractivity contribution in [3.05, 3.63) is 23.3 Å². The third-order valence-corrected chi connectivity index (χ3v) is 2.68. The van der Waals surface area contributed by atoms with Gasteiger partial charge >= 0.3 is 12.1 Å². The van der Waals surface area contributed by atoms with Crippen LogP contribution < -0.4 is 14.8 Å². The van der Waals surface area contributed by atoms with Crippen molar-refractivity contribution in [3.63, 3.8) is 0 Å². The van der Waals surface area contributed by atoms with E-state index >= 15 is 0 Å². The molecule has 0 atom stereocenters. The summed E-state index contributed by atoms with van der Waals surface area (Å²) in [6, 6.07) is 2.88. The molecule has 0 bridgehead atoms. The quantitative estimate of drug-likeness (QED) is 0.813. The number of ether oxygens (including phenoxy) is 2. The van der Waals surface area contributed by atoms with Crippen molar-refractivity contribution >= 4 is 12.2 Å². The molecule has 1 aromatic carbocycles. The first-order valence-corrected chi connectivity index (χ1v) is 5.88. The molecule has 0 fully saturated rings. The summed E-state index contributed by atoms with van der Waals surface area (Å²) in [6.45, 7) is -0.245. The molecule has 0 spiro atoms. The van der Waals surface area contributed by atoms with Crippen LogP contribution in [0.5, 0.6) is 11.5 Å². The van der Waals surface area contributed by atoms with E-state index in [-0.39, 0.29) is 13.0 Å². The van der Waals surface area contributed by atoms with E-state index in [2.05, 4.69) is 0 Å². The van der Waals surface area contributed by atoms with Gasteiger partial charge < -0.3 is 14.8 Å². The first kappa shape index (κ1) is 16.8. The van der Waals surface area contributed by atoms with Crippen molar-refractivity contribution in [1.29, 1.82) is 0 Å². The van der Waals surface area contributed by atoms with Crippen LogP contribution in [0.3, 0.4) is 0 Å². The molecule has 0 saturated carbocycles. The molecule has 0 aromatic heterocycles. The zero-order valence-electron chi connectivity index (χ0n) is 11.4. The lowest BCUT2D eigenvalue weighted by molar-refractivity contribution is -0.173. The Hall–Kier alpha value is -2.25. The van der Waals surface area contributed by atoms with Gasteiger partial charge in [0, 0.05) is 17.7 Å². The maximum absolute atomic E-state index is 12.1. The third kappa shape index (κ3) is 4.37. The number of aldehydes is 1. The minimum atomic E-state index is -4.92. The minimum Gasteiger partial charge on any atom is -0.496 e. The second kappa shape index (κ2) is 6.96. The zero-order valence-corrected chi connectivity index (χ0v) is 11.4. The molecule has 5 nitrogen and oxygen atoms in total. The Bertz CT molecular complexity index is 504. The van der Waals surface area contributed by atoms with Crippen molar-refractivity contribution in [2.75, 3.05) is 20.8 Å². The first-order valence-electron chi connectivity index (χ1n) is 5.88. The fraction of sp³-hybridized carbons (Fsp3) is 0.385. The van der Waals surface area contributed by atoms with Crippen LogP contribution in [0.25, 0.3) is 0 Å². The Labute approximate surface area is 119 Å². The van der Waals surface area contributed by atoms with Gasteiger partial charge in [-0.05, 0) is 18.6 Å². The van der Waals surface area contributed by atoms with E-state index in [1.807, 2.05) is 0 Å². The summed E-state index contributed by atoms with van der Waals surface area (Å²) in [5.74, 6) is -1.40. The Balaban J connectivity index is 2.87. The Morgan fingerprint density at radius 3 is 2.14 bits per heavy atom. The van der Waals surface area contributed by atoms with Crippen LogP contribution in [0.4, 0.5) is 13.2 Å². The fourth-order valence-electron chi connectivity index (χ4n) is 1.72. The van der Waals surface area contributed by atoms with Crippen LogP contribution in [0.1, 0.15) is 15.9 Å². The lowest BCUT2D eigenvalue weighted by Gasteiger charge is -2.14. The van der Waals surface area contributed by atoms with Crippen LogP contribution in [0, 0.1) is 0 Å². The van der Waals surface area contributed by atoms with Gasteiger partial charge in [-0.3, -0.25) is 9.59 Å². The molecule has 1 N–H and O–H groups in total. The highest BCUT2D eigenvalue weighted by molar-refractivity contribution is 5.81. The highest BCUT2D eigenvalue weighted by Gasteiger charge is 2.38. The Kier molecular flexibility index (Phi) is 5.57. The Morgan fingerprint density at radius 1 is 1.24 bits per heavy atom. The molecule has 0 unspecified atom stereocenters. The molecule has 116 valence electrons. The maximum atomic E-state index is 12.1. The highest BCUT2D eigenvalue weighted by atomic mass is 19.4. The molecule has 0 saturated heterocycles. The third-order valence-electron chi connectivity index (χ3n) is 2.68. The number of carbonyl (C=O) groups excluding carboxylic acids is 2. The van der Waals surface area contributed by atoms with E-state index in [0.29, 0.717) is 28.9 Å². The van der Waals surface area contributed by atoms with E-state index in [4.69, 9.17) is 9.47 Å². The average molecular weight is 305 g/mol. The number of amides is 1. The summed E-state index contributed by atoms with van der Waals surface area (Å²) in [4.78, 5) is 21.5. The van der Waals surface area contributed by atoms with Gasteiger partial charge in [-0.15, -0.1) is 0 Å². The molecule has 1 amide bonds. The number of hydrogen-bond donors (Lipinski definition) is 1. The summed E-state index contributed by atoms with van der Waals surface area (Å²) in [6.07, 6.45) is -4.26. The number of carbonyl (C=O) groups is 2. The average Bonchev–Trinajstić information content (AvgIpc) is 2.45. The van der Waals surface area contributed by atoms with E-state index in [9.17, 15) is 22.8 Å². The van der Waals surface area contributed by atoms with E-state index in [1.165, 1.54) is 26.4 Å². The number of methoxy groups -OCH3 is 2. The van der Waals surface area contributed by atoms with Crippen molar-refractivity contribution < 1.29 is 32.2 Å². The zero-order chi connectivity index (χ0) is 16.0. The number of benzene rings is 1. The predicted octanol–water partition coefficient (Wildman–Crippen LogP) is 1.74. The van der Waals surface area contributed by atoms with Crippen LogP contribution >= 0.6 is 0 Å². The van der Waals surface area contributed by atoms with Crippen molar-refractivity contribution in [3.8, 4) is 11.5 Å². The Morgan fingerprint density at radius 2 is 1.76 bits per heavy atom.